The summed E-state index contributed by atoms with van der Waals surface area (Å²) in [6, 6.07) is 7.71. The first-order valence-corrected chi connectivity index (χ1v) is 55.1. The van der Waals surface area contributed by atoms with Crippen molar-refractivity contribution < 1.29 is 82.1 Å². The molecule has 12 aliphatic carbocycles. The molecule has 1 radical (unpaired) electrons. The van der Waals surface area contributed by atoms with Gasteiger partial charge in [-0.15, -0.1) is 24.0 Å². The zero-order valence-electron chi connectivity index (χ0n) is 58.2. The molecule has 0 saturated heterocycles. The summed E-state index contributed by atoms with van der Waals surface area (Å²) in [5.41, 5.74) is 1.87. The Morgan fingerprint density at radius 1 is 0.566 bits per heavy atom. The third kappa shape index (κ3) is 17.7. The number of allylic oxidation sites excluding steroid dienone is 7. The Hall–Kier alpha value is -1.18. The van der Waals surface area contributed by atoms with E-state index in [1.54, 1.807) is 30.0 Å². The normalized spacial score (nSPS) is 37.0. The quantitative estimate of drug-likeness (QED) is 0.0499. The number of rotatable bonds is 8. The van der Waals surface area contributed by atoms with Gasteiger partial charge in [0.25, 0.3) is 0 Å². The summed E-state index contributed by atoms with van der Waals surface area (Å²) >= 11 is 9.54. The number of halogens is 9. The summed E-state index contributed by atoms with van der Waals surface area (Å²) in [7, 11) is -5.05. The standard InChI is InChI=1S/C26H33NO2.C22H29F3O5S.C21H30O3.C5H5BNO2.I3.I2.HI/c1-17(28)29-20-10-12-25(2)19(15-20)6-7-21-23-9-8-22(18-5-4-14-27-16-18)26(23,3)13-11-24(21)25;1-13(26)29-15-8-10-20(2)14(12-15)4-5-16-17-6-7-19(21(17,3)11-9-18(16)20)30-31(27,28)22(23,24)25;1-13(22)24-15-8-10-20(2)14(12-15)4-5-16-17-6-7-19(23)21(17,3)11-9-18(16)20;8-6-9-5-2-1-3-7-4-5;1-3-2;1-2;/h4-6,8,14,16,20-21,23-24H,7,9-13,15H2,1-3H3;4,7,15-18H,5-6,8-12H2,1-3H3;4,15-18H,5-12H2,1-3H3;1-4,8H;;;1H/q;;;;-1;;/t20-,21-,23-,24-,25-,26+;2*15-,16-,17-,18-,20-,21-;;;;/m000..../s1. The van der Waals surface area contributed by atoms with E-state index in [0.29, 0.717) is 69.0 Å². The smallest absolute Gasteiger partial charge is 0.536 e. The Labute approximate surface area is 656 Å². The van der Waals surface area contributed by atoms with Gasteiger partial charge in [-0.2, -0.15) is 21.6 Å². The molecule has 14 rings (SSSR count). The van der Waals surface area contributed by atoms with Crippen LogP contribution in [0.2, 0.25) is 0 Å². The van der Waals surface area contributed by atoms with Crippen LogP contribution in [0.3, 0.4) is 0 Å². The molecule has 7 saturated carbocycles. The molecule has 0 aromatic carbocycles. The van der Waals surface area contributed by atoms with Crippen LogP contribution in [0.1, 0.15) is 209 Å². The molecule has 1 N–H and O–H groups in total. The molecule has 0 aliphatic heterocycles. The molecule has 0 unspecified atom stereocenters. The van der Waals surface area contributed by atoms with E-state index >= 15 is 0 Å². The predicted octanol–water partition coefficient (Wildman–Crippen LogP) is 16.8. The Bertz CT molecular complexity index is 3480. The third-order valence-electron chi connectivity index (χ3n) is 26.3. The second-order valence-electron chi connectivity index (χ2n) is 30.9. The fourth-order valence-corrected chi connectivity index (χ4v) is 22.1. The molecule has 7 fully saturated rings. The van der Waals surface area contributed by atoms with Crippen molar-refractivity contribution in [3.63, 3.8) is 0 Å². The Balaban J connectivity index is 0.000000172. The van der Waals surface area contributed by atoms with Crippen molar-refractivity contribution in [2.45, 2.75) is 227 Å². The van der Waals surface area contributed by atoms with Gasteiger partial charge >= 0.3 is 91.7 Å². The molecule has 0 bridgehead atoms. The van der Waals surface area contributed by atoms with Crippen LogP contribution >= 0.6 is 98.4 Å². The SMILES string of the molecule is CC(=O)O[C@H]1CC[C@@]2(C)C(=CC[C@@H]3[C@@H]2CC[C@]2(C)C(=O)CC[C@@H]32)C1.CC(=O)O[C@H]1CC[C@@]2(C)C(=CC[C@@H]3[C@@H]2CC[C@]2(C)C(OS(=O)(=O)C(F)(F)F)=CC[C@@H]32)C1.CC(=O)O[C@H]1CC[C@@]2(C)C(=CC[C@@H]3[C@@H]2CC[C@]2(C)C(c4cccnc4)=CC[C@@H]32)C1.I.II.I[I-]I.O[B]Oc1cccnc1. The molecule has 2 aromatic heterocycles. The van der Waals surface area contributed by atoms with Crippen molar-refractivity contribution >= 4 is 146 Å². The van der Waals surface area contributed by atoms with Gasteiger partial charge in [0, 0.05) is 113 Å². The summed E-state index contributed by atoms with van der Waals surface area (Å²) in [5.74, 6) is 5.34. The number of fused-ring (bicyclic) bond motifs is 15. The first-order valence-electron chi connectivity index (χ1n) is 34.9. The first-order chi connectivity index (χ1) is 46.4. The number of aromatic nitrogens is 2. The molecule has 0 spiro atoms. The van der Waals surface area contributed by atoms with Crippen LogP contribution in [-0.2, 0) is 47.7 Å². The van der Waals surface area contributed by atoms with E-state index in [1.807, 2.05) is 19.3 Å². The van der Waals surface area contributed by atoms with Crippen molar-refractivity contribution in [1.29, 1.82) is 0 Å². The molecule has 14 nitrogen and oxygen atoms in total. The minimum Gasteiger partial charge on any atom is -0.536 e. The second kappa shape index (κ2) is 34.8. The third-order valence-corrected chi connectivity index (χ3v) is 27.2. The van der Waals surface area contributed by atoms with E-state index in [1.165, 1.54) is 81.4 Å². The monoisotopic (exact) mass is 2070 g/mol. The summed E-state index contributed by atoms with van der Waals surface area (Å²) in [5, 5.41) is 8.14. The number of carbonyl (C=O) groups excluding carboxylic acids is 4. The van der Waals surface area contributed by atoms with E-state index in [9.17, 15) is 40.8 Å². The Morgan fingerprint density at radius 3 is 1.37 bits per heavy atom. The number of Topliss-reactive ketones (excluding diaryl/α,β-unsaturated/α-hetero) is 1. The average molecular weight is 2070 g/mol. The van der Waals surface area contributed by atoms with Crippen molar-refractivity contribution in [3.8, 4) is 5.75 Å². The maximum atomic E-state index is 12.9. The van der Waals surface area contributed by atoms with Crippen molar-refractivity contribution in [2.24, 2.45) is 85.8 Å². The van der Waals surface area contributed by atoms with Gasteiger partial charge in [0.1, 0.15) is 35.6 Å². The molecular weight excluding hydrogens is 1970 g/mol. The number of ketones is 1. The summed E-state index contributed by atoms with van der Waals surface area (Å²) in [6.45, 7) is 18.3. The van der Waals surface area contributed by atoms with E-state index in [0.717, 1.165) is 114 Å². The van der Waals surface area contributed by atoms with E-state index < -0.39 is 21.0 Å². The molecule has 0 amide bonds. The Morgan fingerprint density at radius 2 is 0.960 bits per heavy atom. The fraction of sp³-hybridized carbons (Fsp3) is 0.676. The van der Waals surface area contributed by atoms with Crippen molar-refractivity contribution in [3.05, 3.63) is 107 Å². The Kier molecular flexibility index (Phi) is 29.3. The minimum absolute atomic E-state index is 0. The maximum absolute atomic E-state index is 12.9. The number of hydrogen-bond donors (Lipinski definition) is 1. The van der Waals surface area contributed by atoms with Gasteiger partial charge in [-0.1, -0.05) is 88.6 Å². The summed E-state index contributed by atoms with van der Waals surface area (Å²) < 4.78 is 87.6. The van der Waals surface area contributed by atoms with Crippen LogP contribution in [0.15, 0.2) is 102 Å². The van der Waals surface area contributed by atoms with Gasteiger partial charge in [-0.25, -0.2) is 0 Å². The van der Waals surface area contributed by atoms with Crippen LogP contribution in [-0.4, -0.2) is 78.6 Å². The molecule has 18 atom stereocenters. The van der Waals surface area contributed by atoms with Crippen LogP contribution in [0.25, 0.3) is 5.57 Å². The molecule has 2 aromatic rings. The van der Waals surface area contributed by atoms with Gasteiger partial charge in [0.15, 0.2) is 0 Å². The van der Waals surface area contributed by atoms with Crippen LogP contribution in [0.5, 0.6) is 5.75 Å². The van der Waals surface area contributed by atoms with Gasteiger partial charge in [-0.05, 0) is 226 Å². The number of ether oxygens (including phenoxy) is 3. The molecule has 25 heteroatoms. The molecule has 99 heavy (non-hydrogen) atoms. The largest absolute Gasteiger partial charge is 0.569 e. The van der Waals surface area contributed by atoms with Crippen LogP contribution < -0.4 is 17.9 Å². The molecule has 2 heterocycles. The second-order valence-corrected chi connectivity index (χ2v) is 48.7. The van der Waals surface area contributed by atoms with Gasteiger partial charge < -0.3 is 28.1 Å². The number of carbonyl (C=O) groups is 4. The maximum Gasteiger partial charge on any atom is 0.569 e. The number of alkyl halides is 3. The van der Waals surface area contributed by atoms with Gasteiger partial charge in [-0.3, -0.25) is 29.1 Å². The molecule has 12 aliphatic rings. The van der Waals surface area contributed by atoms with Crippen molar-refractivity contribution in [2.75, 3.05) is 0 Å². The van der Waals surface area contributed by atoms with Gasteiger partial charge in [0.05, 0.1) is 6.20 Å². The zero-order valence-corrected chi connectivity index (χ0v) is 72.2. The van der Waals surface area contributed by atoms with Crippen LogP contribution in [0.4, 0.5) is 13.2 Å². The van der Waals surface area contributed by atoms with Gasteiger partial charge in [0.2, 0.25) is 0 Å². The average Bonchev–Trinajstić information content (AvgIpc) is 1.71. The van der Waals surface area contributed by atoms with Crippen molar-refractivity contribution in [1.82, 2.24) is 9.97 Å². The summed E-state index contributed by atoms with van der Waals surface area (Å²) in [4.78, 5) is 54.7. The first kappa shape index (κ1) is 83.5. The van der Waals surface area contributed by atoms with E-state index in [-0.39, 0.29) is 105 Å². The number of pyridine rings is 2. The fourth-order valence-electron chi connectivity index (χ4n) is 21.5. The van der Waals surface area contributed by atoms with E-state index in [4.69, 9.17) is 19.2 Å². The number of hydrogen-bond acceptors (Lipinski definition) is 14. The zero-order chi connectivity index (χ0) is 71.4. The minimum atomic E-state index is -5.67. The topological polar surface area (TPSA) is 195 Å². The van der Waals surface area contributed by atoms with E-state index in [2.05, 4.69) is 164 Å². The number of esters is 3. The summed E-state index contributed by atoms with van der Waals surface area (Å²) in [6.07, 6.45) is 39.9. The molecule has 549 valence electrons. The number of nitrogens with zero attached hydrogens (tertiary/aromatic N) is 2. The molecular formula is C74H98BF3I6N2O12S-. The van der Waals surface area contributed by atoms with Crippen LogP contribution in [0, 0.1) is 85.8 Å². The predicted molar refractivity (Wildman–Crippen MR) is 418 cm³/mol.